The summed E-state index contributed by atoms with van der Waals surface area (Å²) in [6.07, 6.45) is 0. The second kappa shape index (κ2) is 5.27. The average Bonchev–Trinajstić information content (AvgIpc) is 2.79. The van der Waals surface area contributed by atoms with Crippen LogP contribution in [-0.4, -0.2) is 27.8 Å². The number of hydrogen-bond acceptors (Lipinski definition) is 5. The summed E-state index contributed by atoms with van der Waals surface area (Å²) in [5.74, 6) is -2.55. The van der Waals surface area contributed by atoms with Crippen LogP contribution in [0.15, 0.2) is 36.4 Å². The molecule has 0 unspecified atom stereocenters. The first-order valence-electron chi connectivity index (χ1n) is 6.82. The molecule has 2 amide bonds. The van der Waals surface area contributed by atoms with E-state index in [0.717, 1.165) is 17.0 Å². The third-order valence-electron chi connectivity index (χ3n) is 3.78. The Kier molecular flexibility index (Phi) is 3.37. The number of rotatable bonds is 3. The molecular formula is C16H10N2O6. The molecule has 1 aliphatic heterocycles. The third kappa shape index (κ3) is 2.21. The molecule has 1 aliphatic rings. The molecule has 0 spiro atoms. The Hall–Kier alpha value is -3.55. The minimum atomic E-state index is -1.19. The Balaban J connectivity index is 2.13. The van der Waals surface area contributed by atoms with E-state index in [1.54, 1.807) is 6.92 Å². The van der Waals surface area contributed by atoms with Crippen LogP contribution in [0.1, 0.15) is 36.6 Å². The maximum Gasteiger partial charge on any atom is 0.335 e. The van der Waals surface area contributed by atoms with E-state index in [1.807, 2.05) is 0 Å². The second-order valence-electron chi connectivity index (χ2n) is 5.24. The van der Waals surface area contributed by atoms with Gasteiger partial charge in [0.2, 0.25) is 0 Å². The Morgan fingerprint density at radius 2 is 1.75 bits per heavy atom. The third-order valence-corrected chi connectivity index (χ3v) is 3.78. The van der Waals surface area contributed by atoms with E-state index < -0.39 is 22.7 Å². The Morgan fingerprint density at radius 3 is 2.38 bits per heavy atom. The summed E-state index contributed by atoms with van der Waals surface area (Å²) in [6, 6.07) is 7.51. The number of carboxylic acids is 1. The number of anilines is 1. The van der Waals surface area contributed by atoms with Gasteiger partial charge in [-0.05, 0) is 30.7 Å². The van der Waals surface area contributed by atoms with E-state index >= 15 is 0 Å². The van der Waals surface area contributed by atoms with Gasteiger partial charge in [-0.1, -0.05) is 6.07 Å². The van der Waals surface area contributed by atoms with E-state index in [2.05, 4.69) is 0 Å². The molecule has 0 saturated carbocycles. The first kappa shape index (κ1) is 15.3. The number of imide groups is 1. The molecule has 8 nitrogen and oxygen atoms in total. The Bertz CT molecular complexity index is 934. The molecule has 24 heavy (non-hydrogen) atoms. The van der Waals surface area contributed by atoms with Gasteiger partial charge in [-0.25, -0.2) is 9.69 Å². The molecule has 0 fully saturated rings. The smallest absolute Gasteiger partial charge is 0.335 e. The molecule has 1 N–H and O–H groups in total. The van der Waals surface area contributed by atoms with Crippen molar-refractivity contribution in [1.82, 2.24) is 0 Å². The van der Waals surface area contributed by atoms with Gasteiger partial charge in [0, 0.05) is 12.1 Å². The van der Waals surface area contributed by atoms with E-state index in [0.29, 0.717) is 5.56 Å². The number of benzene rings is 2. The number of carboxylic acid groups (broad SMARTS) is 1. The van der Waals surface area contributed by atoms with E-state index in [1.165, 1.54) is 24.3 Å². The van der Waals surface area contributed by atoms with Gasteiger partial charge in [-0.3, -0.25) is 19.7 Å². The van der Waals surface area contributed by atoms with Gasteiger partial charge >= 0.3 is 5.97 Å². The summed E-state index contributed by atoms with van der Waals surface area (Å²) in [5, 5.41) is 19.9. The number of fused-ring (bicyclic) bond motifs is 1. The molecule has 0 aliphatic carbocycles. The maximum absolute atomic E-state index is 12.6. The van der Waals surface area contributed by atoms with E-state index in [-0.39, 0.29) is 28.1 Å². The van der Waals surface area contributed by atoms with Gasteiger partial charge < -0.3 is 5.11 Å². The van der Waals surface area contributed by atoms with Crippen molar-refractivity contribution in [2.45, 2.75) is 6.92 Å². The second-order valence-corrected chi connectivity index (χ2v) is 5.24. The number of hydrogen-bond donors (Lipinski definition) is 1. The van der Waals surface area contributed by atoms with Gasteiger partial charge in [-0.2, -0.15) is 0 Å². The topological polar surface area (TPSA) is 118 Å². The lowest BCUT2D eigenvalue weighted by molar-refractivity contribution is -0.384. The average molecular weight is 326 g/mol. The molecule has 0 saturated heterocycles. The first-order chi connectivity index (χ1) is 11.3. The fourth-order valence-electron chi connectivity index (χ4n) is 2.54. The predicted octanol–water partition coefficient (Wildman–Crippen LogP) is 2.40. The number of non-ortho nitro benzene ring substituents is 1. The first-order valence-corrected chi connectivity index (χ1v) is 6.82. The van der Waals surface area contributed by atoms with Crippen LogP contribution in [0.4, 0.5) is 11.4 Å². The molecular weight excluding hydrogens is 316 g/mol. The van der Waals surface area contributed by atoms with Crippen molar-refractivity contribution in [3.8, 4) is 0 Å². The number of nitrogens with zero attached hydrogens (tertiary/aromatic N) is 2. The molecule has 0 radical (unpaired) electrons. The van der Waals surface area contributed by atoms with Crippen molar-refractivity contribution < 1.29 is 24.4 Å². The van der Waals surface area contributed by atoms with Crippen LogP contribution in [0.2, 0.25) is 0 Å². The van der Waals surface area contributed by atoms with Crippen LogP contribution in [-0.2, 0) is 0 Å². The molecule has 2 aromatic rings. The van der Waals surface area contributed by atoms with Gasteiger partial charge in [0.25, 0.3) is 17.5 Å². The molecule has 0 aromatic heterocycles. The highest BCUT2D eigenvalue weighted by molar-refractivity contribution is 6.34. The Morgan fingerprint density at radius 1 is 1.08 bits per heavy atom. The maximum atomic E-state index is 12.6. The molecule has 120 valence electrons. The van der Waals surface area contributed by atoms with Crippen LogP contribution in [0.3, 0.4) is 0 Å². The lowest BCUT2D eigenvalue weighted by Gasteiger charge is -2.17. The van der Waals surface area contributed by atoms with Crippen molar-refractivity contribution >= 4 is 29.2 Å². The van der Waals surface area contributed by atoms with Gasteiger partial charge in [0.05, 0.1) is 27.3 Å². The summed E-state index contributed by atoms with van der Waals surface area (Å²) in [6.45, 7) is 1.63. The number of aromatic carboxylic acids is 1. The molecule has 0 atom stereocenters. The van der Waals surface area contributed by atoms with Crippen LogP contribution in [0, 0.1) is 17.0 Å². The number of amides is 2. The van der Waals surface area contributed by atoms with E-state index in [9.17, 15) is 24.5 Å². The Labute approximate surface area is 135 Å². The minimum absolute atomic E-state index is 0.0470. The largest absolute Gasteiger partial charge is 0.478 e. The quantitative estimate of drug-likeness (QED) is 0.525. The van der Waals surface area contributed by atoms with Crippen molar-refractivity contribution in [3.05, 3.63) is 68.8 Å². The summed E-state index contributed by atoms with van der Waals surface area (Å²) in [5.41, 5.74) is 0.277. The van der Waals surface area contributed by atoms with Crippen molar-refractivity contribution in [3.63, 3.8) is 0 Å². The summed E-state index contributed by atoms with van der Waals surface area (Å²) in [4.78, 5) is 47.2. The zero-order valence-corrected chi connectivity index (χ0v) is 12.3. The zero-order valence-electron chi connectivity index (χ0n) is 12.3. The van der Waals surface area contributed by atoms with E-state index in [4.69, 9.17) is 5.11 Å². The monoisotopic (exact) mass is 326 g/mol. The minimum Gasteiger partial charge on any atom is -0.478 e. The summed E-state index contributed by atoms with van der Waals surface area (Å²) in [7, 11) is 0. The number of carbonyl (C=O) groups is 3. The number of nitro groups is 1. The SMILES string of the molecule is Cc1ccc(C(=O)O)cc1N1C(=O)c2ccc([N+](=O)[O-])cc2C1=O. The number of carbonyl (C=O) groups excluding carboxylic acids is 2. The fourth-order valence-corrected chi connectivity index (χ4v) is 2.54. The molecule has 0 bridgehead atoms. The molecule has 8 heteroatoms. The number of nitro benzene ring substituents is 1. The fraction of sp³-hybridized carbons (Fsp3) is 0.0625. The zero-order chi connectivity index (χ0) is 17.6. The van der Waals surface area contributed by atoms with Gasteiger partial charge in [0.15, 0.2) is 0 Å². The van der Waals surface area contributed by atoms with Gasteiger partial charge in [-0.15, -0.1) is 0 Å². The van der Waals surface area contributed by atoms with Crippen molar-refractivity contribution in [1.29, 1.82) is 0 Å². The van der Waals surface area contributed by atoms with Gasteiger partial charge in [0.1, 0.15) is 0 Å². The summed E-state index contributed by atoms with van der Waals surface area (Å²) >= 11 is 0. The molecule has 3 rings (SSSR count). The standard InChI is InChI=1S/C16H10N2O6/c1-8-2-3-9(16(21)22)6-13(8)17-14(19)11-5-4-10(18(23)24)7-12(11)15(17)20/h2-7H,1H3,(H,21,22). The normalized spacial score (nSPS) is 13.1. The predicted molar refractivity (Wildman–Crippen MR) is 82.4 cm³/mol. The summed E-state index contributed by atoms with van der Waals surface area (Å²) < 4.78 is 0. The number of aryl methyl sites for hydroxylation is 1. The van der Waals surface area contributed by atoms with Crippen LogP contribution < -0.4 is 4.90 Å². The van der Waals surface area contributed by atoms with Crippen molar-refractivity contribution in [2.75, 3.05) is 4.90 Å². The van der Waals surface area contributed by atoms with Crippen molar-refractivity contribution in [2.24, 2.45) is 0 Å². The highest BCUT2D eigenvalue weighted by Gasteiger charge is 2.38. The lowest BCUT2D eigenvalue weighted by atomic mass is 10.1. The molecule has 2 aromatic carbocycles. The van der Waals surface area contributed by atoms with Crippen LogP contribution in [0.25, 0.3) is 0 Å². The van der Waals surface area contributed by atoms with Crippen LogP contribution >= 0.6 is 0 Å². The highest BCUT2D eigenvalue weighted by atomic mass is 16.6. The molecule has 1 heterocycles. The highest BCUT2D eigenvalue weighted by Crippen LogP contribution is 2.33. The van der Waals surface area contributed by atoms with Crippen LogP contribution in [0.5, 0.6) is 0 Å². The lowest BCUT2D eigenvalue weighted by Crippen LogP contribution is -2.30.